The zero-order chi connectivity index (χ0) is 12.8. The maximum Gasteiger partial charge on any atom is 0.161 e. The van der Waals surface area contributed by atoms with Crippen LogP contribution in [0.5, 0.6) is 11.5 Å². The van der Waals surface area contributed by atoms with E-state index < -0.39 is 0 Å². The summed E-state index contributed by atoms with van der Waals surface area (Å²) in [6.07, 6.45) is 1.67. The molecule has 94 valence electrons. The number of carbonyl (C=O) groups excluding carboxylic acids is 1. The van der Waals surface area contributed by atoms with E-state index in [9.17, 15) is 4.79 Å². The van der Waals surface area contributed by atoms with Crippen molar-refractivity contribution in [3.8, 4) is 11.5 Å². The Hall–Kier alpha value is -1.55. The van der Waals surface area contributed by atoms with Crippen LogP contribution in [0.15, 0.2) is 12.1 Å². The van der Waals surface area contributed by atoms with Gasteiger partial charge in [0.15, 0.2) is 11.5 Å². The summed E-state index contributed by atoms with van der Waals surface area (Å²) in [6, 6.07) is 3.55. The zero-order valence-corrected chi connectivity index (χ0v) is 10.5. The maximum atomic E-state index is 11.1. The van der Waals surface area contributed by atoms with Crippen molar-refractivity contribution in [3.63, 3.8) is 0 Å². The van der Waals surface area contributed by atoms with Gasteiger partial charge in [-0.25, -0.2) is 0 Å². The van der Waals surface area contributed by atoms with Gasteiger partial charge >= 0.3 is 0 Å². The third-order valence-electron chi connectivity index (χ3n) is 2.85. The number of hydrogen-bond donors (Lipinski definition) is 1. The first-order valence-electron chi connectivity index (χ1n) is 5.59. The number of carbonyl (C=O) groups is 1. The average Bonchev–Trinajstić information content (AvgIpc) is 2.37. The number of aldehydes is 1. The normalized spacial score (nSPS) is 12.0. The Balaban J connectivity index is 3.23. The highest BCUT2D eigenvalue weighted by Gasteiger charge is 2.15. The van der Waals surface area contributed by atoms with Crippen LogP contribution in [-0.4, -0.2) is 27.1 Å². The number of benzene rings is 1. The lowest BCUT2D eigenvalue weighted by Gasteiger charge is -2.16. The van der Waals surface area contributed by atoms with Crippen molar-refractivity contribution >= 4 is 6.29 Å². The van der Waals surface area contributed by atoms with E-state index in [0.717, 1.165) is 18.3 Å². The number of rotatable bonds is 6. The molecule has 0 aliphatic heterocycles. The largest absolute Gasteiger partial charge is 0.493 e. The molecule has 0 aliphatic carbocycles. The van der Waals surface area contributed by atoms with E-state index in [1.54, 1.807) is 20.3 Å². The van der Waals surface area contributed by atoms with Crippen LogP contribution >= 0.6 is 0 Å². The molecule has 0 aliphatic rings. The van der Waals surface area contributed by atoms with E-state index in [2.05, 4.69) is 0 Å². The molecule has 0 aromatic heterocycles. The number of hydrogen-bond acceptors (Lipinski definition) is 4. The summed E-state index contributed by atoms with van der Waals surface area (Å²) in [4.78, 5) is 11.1. The maximum absolute atomic E-state index is 11.1. The third-order valence-corrected chi connectivity index (χ3v) is 2.85. The number of methoxy groups -OCH3 is 2. The highest BCUT2D eigenvalue weighted by atomic mass is 16.5. The lowest BCUT2D eigenvalue weighted by molar-refractivity contribution is 0.112. The lowest BCUT2D eigenvalue weighted by atomic mass is 9.93. The summed E-state index contributed by atoms with van der Waals surface area (Å²) < 4.78 is 10.4. The SMILES string of the molecule is COc1cc(C=O)c(C(C)CCN)cc1OC. The van der Waals surface area contributed by atoms with E-state index >= 15 is 0 Å². The van der Waals surface area contributed by atoms with Crippen molar-refractivity contribution in [2.45, 2.75) is 19.3 Å². The van der Waals surface area contributed by atoms with Gasteiger partial charge in [-0.05, 0) is 36.6 Å². The van der Waals surface area contributed by atoms with E-state index in [4.69, 9.17) is 15.2 Å². The van der Waals surface area contributed by atoms with Crippen molar-refractivity contribution in [3.05, 3.63) is 23.3 Å². The highest BCUT2D eigenvalue weighted by molar-refractivity contribution is 5.79. The summed E-state index contributed by atoms with van der Waals surface area (Å²) >= 11 is 0. The first kappa shape index (κ1) is 13.5. The van der Waals surface area contributed by atoms with Crippen LogP contribution in [-0.2, 0) is 0 Å². The number of nitrogens with two attached hydrogens (primary N) is 1. The second kappa shape index (κ2) is 6.25. The van der Waals surface area contributed by atoms with Gasteiger partial charge < -0.3 is 15.2 Å². The lowest BCUT2D eigenvalue weighted by Crippen LogP contribution is -2.07. The van der Waals surface area contributed by atoms with E-state index in [1.807, 2.05) is 13.0 Å². The summed E-state index contributed by atoms with van der Waals surface area (Å²) in [7, 11) is 3.13. The first-order chi connectivity index (χ1) is 8.17. The summed E-state index contributed by atoms with van der Waals surface area (Å²) in [5.41, 5.74) is 7.12. The summed E-state index contributed by atoms with van der Waals surface area (Å²) in [5.74, 6) is 1.43. The van der Waals surface area contributed by atoms with Crippen LogP contribution in [0.4, 0.5) is 0 Å². The predicted molar refractivity (Wildman–Crippen MR) is 67.0 cm³/mol. The molecule has 0 bridgehead atoms. The van der Waals surface area contributed by atoms with Crippen LogP contribution in [0.25, 0.3) is 0 Å². The molecule has 0 amide bonds. The molecular weight excluding hydrogens is 218 g/mol. The van der Waals surface area contributed by atoms with Crippen molar-refractivity contribution in [2.24, 2.45) is 5.73 Å². The van der Waals surface area contributed by atoms with Crippen LogP contribution in [0.3, 0.4) is 0 Å². The Morgan fingerprint density at radius 1 is 1.29 bits per heavy atom. The fraction of sp³-hybridized carbons (Fsp3) is 0.462. The topological polar surface area (TPSA) is 61.5 Å². The van der Waals surface area contributed by atoms with Gasteiger partial charge in [0.25, 0.3) is 0 Å². The Morgan fingerprint density at radius 3 is 2.35 bits per heavy atom. The minimum Gasteiger partial charge on any atom is -0.493 e. The minimum absolute atomic E-state index is 0.222. The molecule has 2 N–H and O–H groups in total. The van der Waals surface area contributed by atoms with Gasteiger partial charge in [-0.15, -0.1) is 0 Å². The molecule has 0 heterocycles. The fourth-order valence-corrected chi connectivity index (χ4v) is 1.84. The smallest absolute Gasteiger partial charge is 0.161 e. The first-order valence-corrected chi connectivity index (χ1v) is 5.59. The Kier molecular flexibility index (Phi) is 4.97. The minimum atomic E-state index is 0.222. The Morgan fingerprint density at radius 2 is 1.88 bits per heavy atom. The molecular formula is C13H19NO3. The quantitative estimate of drug-likeness (QED) is 0.768. The van der Waals surface area contributed by atoms with Gasteiger partial charge in [-0.2, -0.15) is 0 Å². The summed E-state index contributed by atoms with van der Waals surface area (Å²) in [5, 5.41) is 0. The van der Waals surface area contributed by atoms with Crippen molar-refractivity contribution in [1.82, 2.24) is 0 Å². The molecule has 4 nitrogen and oxygen atoms in total. The van der Waals surface area contributed by atoms with Crippen LogP contribution in [0.1, 0.15) is 35.2 Å². The fourth-order valence-electron chi connectivity index (χ4n) is 1.84. The molecule has 1 rings (SSSR count). The number of ether oxygens (including phenoxy) is 2. The molecule has 0 saturated heterocycles. The predicted octanol–water partition coefficient (Wildman–Crippen LogP) is 1.97. The second-order valence-electron chi connectivity index (χ2n) is 3.93. The zero-order valence-electron chi connectivity index (χ0n) is 10.5. The van der Waals surface area contributed by atoms with Gasteiger partial charge in [-0.3, -0.25) is 4.79 Å². The molecule has 0 saturated carbocycles. The van der Waals surface area contributed by atoms with Gasteiger partial charge in [0, 0.05) is 5.56 Å². The molecule has 0 radical (unpaired) electrons. The monoisotopic (exact) mass is 237 g/mol. The van der Waals surface area contributed by atoms with E-state index in [-0.39, 0.29) is 5.92 Å². The molecule has 1 aromatic rings. The Labute approximate surface area is 102 Å². The second-order valence-corrected chi connectivity index (χ2v) is 3.93. The summed E-state index contributed by atoms with van der Waals surface area (Å²) in [6.45, 7) is 2.63. The molecule has 4 heteroatoms. The third kappa shape index (κ3) is 2.97. The van der Waals surface area contributed by atoms with Crippen molar-refractivity contribution in [2.75, 3.05) is 20.8 Å². The Bertz CT molecular complexity index is 390. The molecule has 17 heavy (non-hydrogen) atoms. The average molecular weight is 237 g/mol. The molecule has 0 fully saturated rings. The molecule has 1 aromatic carbocycles. The van der Waals surface area contributed by atoms with E-state index in [0.29, 0.717) is 23.6 Å². The van der Waals surface area contributed by atoms with Gasteiger partial charge in [0.1, 0.15) is 6.29 Å². The van der Waals surface area contributed by atoms with Crippen molar-refractivity contribution in [1.29, 1.82) is 0 Å². The molecule has 0 spiro atoms. The molecule has 1 atom stereocenters. The van der Waals surface area contributed by atoms with Crippen LogP contribution < -0.4 is 15.2 Å². The van der Waals surface area contributed by atoms with Gasteiger partial charge in [0.05, 0.1) is 14.2 Å². The van der Waals surface area contributed by atoms with Gasteiger partial charge in [-0.1, -0.05) is 6.92 Å². The van der Waals surface area contributed by atoms with E-state index in [1.165, 1.54) is 0 Å². The standard InChI is InChI=1S/C13H19NO3/c1-9(4-5-14)11-7-13(17-3)12(16-2)6-10(11)8-15/h6-9H,4-5,14H2,1-3H3. The molecule has 1 unspecified atom stereocenters. The highest BCUT2D eigenvalue weighted by Crippen LogP contribution is 2.34. The van der Waals surface area contributed by atoms with Crippen LogP contribution in [0, 0.1) is 0 Å². The van der Waals surface area contributed by atoms with Crippen LogP contribution in [0.2, 0.25) is 0 Å². The van der Waals surface area contributed by atoms with Crippen molar-refractivity contribution < 1.29 is 14.3 Å². The van der Waals surface area contributed by atoms with Gasteiger partial charge in [0.2, 0.25) is 0 Å².